The van der Waals surface area contributed by atoms with Gasteiger partial charge >= 0.3 is 6.03 Å². The molecule has 2 amide bonds. The maximum atomic E-state index is 11.8. The lowest BCUT2D eigenvalue weighted by molar-refractivity contribution is 0.151. The molecule has 3 N–H and O–H groups in total. The Morgan fingerprint density at radius 1 is 1.25 bits per heavy atom. The number of aryl methyl sites for hydroxylation is 1. The van der Waals surface area contributed by atoms with Crippen molar-refractivity contribution in [3.63, 3.8) is 0 Å². The molecule has 0 heterocycles. The zero-order valence-electron chi connectivity index (χ0n) is 11.7. The van der Waals surface area contributed by atoms with Gasteiger partial charge in [0.05, 0.1) is 13.2 Å². The summed E-state index contributed by atoms with van der Waals surface area (Å²) in [5.41, 5.74) is 1.07. The van der Waals surface area contributed by atoms with Gasteiger partial charge in [-0.3, -0.25) is 0 Å². The normalized spacial score (nSPS) is 10.2. The number of benzene rings is 1. The van der Waals surface area contributed by atoms with Crippen LogP contribution in [0.1, 0.15) is 12.5 Å². The molecule has 6 nitrogen and oxygen atoms in total. The van der Waals surface area contributed by atoms with Crippen LogP contribution in [0.2, 0.25) is 0 Å². The van der Waals surface area contributed by atoms with E-state index in [0.717, 1.165) is 17.7 Å². The van der Waals surface area contributed by atoms with Gasteiger partial charge < -0.3 is 25.2 Å². The minimum atomic E-state index is -0.373. The summed E-state index contributed by atoms with van der Waals surface area (Å²) in [5, 5.41) is 20.3. The van der Waals surface area contributed by atoms with Gasteiger partial charge in [-0.05, 0) is 18.1 Å². The molecular formula is C14H22N2O4. The molecule has 0 spiro atoms. The van der Waals surface area contributed by atoms with Crippen LogP contribution >= 0.6 is 0 Å². The zero-order valence-corrected chi connectivity index (χ0v) is 11.7. The number of aliphatic hydroxyl groups excluding tert-OH is 2. The molecule has 1 aromatic carbocycles. The van der Waals surface area contributed by atoms with Crippen LogP contribution in [0.4, 0.5) is 4.79 Å². The highest BCUT2D eigenvalue weighted by Gasteiger charge is 2.11. The fourth-order valence-corrected chi connectivity index (χ4v) is 1.78. The fourth-order valence-electron chi connectivity index (χ4n) is 1.78. The second-order valence-corrected chi connectivity index (χ2v) is 4.17. The molecule has 0 saturated heterocycles. The van der Waals surface area contributed by atoms with Crippen molar-refractivity contribution in [2.45, 2.75) is 13.3 Å². The van der Waals surface area contributed by atoms with Crippen LogP contribution in [0.5, 0.6) is 5.75 Å². The Morgan fingerprint density at radius 3 is 2.50 bits per heavy atom. The summed E-state index contributed by atoms with van der Waals surface area (Å²) in [6, 6.07) is 7.27. The van der Waals surface area contributed by atoms with Gasteiger partial charge in [-0.25, -0.2) is 4.79 Å². The smallest absolute Gasteiger partial charge is 0.320 e. The molecule has 0 unspecified atom stereocenters. The van der Waals surface area contributed by atoms with Gasteiger partial charge in [-0.15, -0.1) is 0 Å². The van der Waals surface area contributed by atoms with E-state index in [2.05, 4.69) is 5.32 Å². The number of rotatable bonds is 8. The number of hydrogen-bond acceptors (Lipinski definition) is 4. The molecule has 0 aliphatic heterocycles. The second kappa shape index (κ2) is 9.17. The van der Waals surface area contributed by atoms with E-state index in [4.69, 9.17) is 14.9 Å². The molecule has 0 bridgehead atoms. The van der Waals surface area contributed by atoms with Crippen molar-refractivity contribution >= 4 is 6.03 Å². The van der Waals surface area contributed by atoms with Crippen LogP contribution in [0.15, 0.2) is 24.3 Å². The Labute approximate surface area is 119 Å². The summed E-state index contributed by atoms with van der Waals surface area (Å²) in [6.07, 6.45) is 0.852. The second-order valence-electron chi connectivity index (χ2n) is 4.17. The molecule has 20 heavy (non-hydrogen) atoms. The number of amides is 2. The summed E-state index contributed by atoms with van der Waals surface area (Å²) >= 11 is 0. The van der Waals surface area contributed by atoms with E-state index in [9.17, 15) is 4.79 Å². The van der Waals surface area contributed by atoms with E-state index in [-0.39, 0.29) is 39.1 Å². The molecule has 112 valence electrons. The number of ether oxygens (including phenoxy) is 1. The number of carbonyl (C=O) groups excluding carboxylic acids is 1. The Hall–Kier alpha value is -1.79. The molecule has 1 aromatic rings. The molecule has 6 heteroatoms. The van der Waals surface area contributed by atoms with Crippen molar-refractivity contribution in [3.8, 4) is 5.75 Å². The first kappa shape index (κ1) is 16.3. The molecular weight excluding hydrogens is 260 g/mol. The van der Waals surface area contributed by atoms with Crippen LogP contribution in [-0.2, 0) is 6.42 Å². The predicted molar refractivity (Wildman–Crippen MR) is 75.6 cm³/mol. The molecule has 0 atom stereocenters. The monoisotopic (exact) mass is 282 g/mol. The van der Waals surface area contributed by atoms with Gasteiger partial charge in [0.15, 0.2) is 6.73 Å². The topological polar surface area (TPSA) is 82.0 Å². The first-order valence-corrected chi connectivity index (χ1v) is 6.68. The molecule has 0 radical (unpaired) electrons. The average Bonchev–Trinajstić information content (AvgIpc) is 2.47. The number of hydrogen-bond donors (Lipinski definition) is 3. The largest absolute Gasteiger partial charge is 0.473 e. The Balaban J connectivity index is 2.44. The quantitative estimate of drug-likeness (QED) is 0.609. The van der Waals surface area contributed by atoms with Crippen LogP contribution in [0, 0.1) is 0 Å². The first-order valence-electron chi connectivity index (χ1n) is 6.68. The van der Waals surface area contributed by atoms with Gasteiger partial charge in [-0.2, -0.15) is 0 Å². The first-order chi connectivity index (χ1) is 9.72. The lowest BCUT2D eigenvalue weighted by Gasteiger charge is -2.21. The molecule has 0 aromatic heterocycles. The van der Waals surface area contributed by atoms with E-state index < -0.39 is 0 Å². The maximum absolute atomic E-state index is 11.8. The van der Waals surface area contributed by atoms with Gasteiger partial charge in [-0.1, -0.05) is 25.1 Å². The minimum absolute atomic E-state index is 0.0448. The minimum Gasteiger partial charge on any atom is -0.473 e. The highest BCUT2D eigenvalue weighted by molar-refractivity contribution is 5.74. The number of nitrogens with zero attached hydrogens (tertiary/aromatic N) is 1. The van der Waals surface area contributed by atoms with Gasteiger partial charge in [0, 0.05) is 13.1 Å². The molecule has 0 fully saturated rings. The van der Waals surface area contributed by atoms with E-state index in [1.54, 1.807) is 0 Å². The van der Waals surface area contributed by atoms with Gasteiger partial charge in [0.25, 0.3) is 0 Å². The maximum Gasteiger partial charge on any atom is 0.320 e. The SMILES string of the molecule is CCc1ccccc1OCNC(=O)N(CCO)CCO. The highest BCUT2D eigenvalue weighted by atomic mass is 16.5. The third-order valence-electron chi connectivity index (χ3n) is 2.83. The van der Waals surface area contributed by atoms with E-state index in [0.29, 0.717) is 0 Å². The van der Waals surface area contributed by atoms with Crippen molar-refractivity contribution in [2.75, 3.05) is 33.0 Å². The summed E-state index contributed by atoms with van der Waals surface area (Å²) in [4.78, 5) is 13.1. The van der Waals surface area contributed by atoms with Crippen LogP contribution in [-0.4, -0.2) is 54.2 Å². The van der Waals surface area contributed by atoms with Gasteiger partial charge in [0.2, 0.25) is 0 Å². The third kappa shape index (κ3) is 5.07. The summed E-state index contributed by atoms with van der Waals surface area (Å²) in [5.74, 6) is 0.742. The molecule has 0 saturated carbocycles. The van der Waals surface area contributed by atoms with Crippen molar-refractivity contribution < 1.29 is 19.7 Å². The summed E-state index contributed by atoms with van der Waals surface area (Å²) < 4.78 is 5.52. The third-order valence-corrected chi connectivity index (χ3v) is 2.83. The lowest BCUT2D eigenvalue weighted by Crippen LogP contribution is -2.44. The fraction of sp³-hybridized carbons (Fsp3) is 0.500. The van der Waals surface area contributed by atoms with E-state index in [1.807, 2.05) is 31.2 Å². The van der Waals surface area contributed by atoms with E-state index in [1.165, 1.54) is 4.90 Å². The van der Waals surface area contributed by atoms with Crippen LogP contribution < -0.4 is 10.1 Å². The van der Waals surface area contributed by atoms with Crippen molar-refractivity contribution in [3.05, 3.63) is 29.8 Å². The standard InChI is InChI=1S/C14H22N2O4/c1-2-12-5-3-4-6-13(12)20-11-15-14(19)16(7-9-17)8-10-18/h3-6,17-18H,2,7-11H2,1H3,(H,15,19). The van der Waals surface area contributed by atoms with Crippen molar-refractivity contribution in [2.24, 2.45) is 0 Å². The lowest BCUT2D eigenvalue weighted by atomic mass is 10.1. The molecule has 0 aliphatic rings. The predicted octanol–water partition coefficient (Wildman–Crippen LogP) is 0.581. The average molecular weight is 282 g/mol. The number of aliphatic hydroxyl groups is 2. The Kier molecular flexibility index (Phi) is 7.46. The summed E-state index contributed by atoms with van der Waals surface area (Å²) in [6.45, 7) is 2.14. The number of nitrogens with one attached hydrogen (secondary N) is 1. The van der Waals surface area contributed by atoms with Crippen LogP contribution in [0.25, 0.3) is 0 Å². The zero-order chi connectivity index (χ0) is 14.8. The highest BCUT2D eigenvalue weighted by Crippen LogP contribution is 2.17. The van der Waals surface area contributed by atoms with Crippen LogP contribution in [0.3, 0.4) is 0 Å². The number of carbonyl (C=O) groups is 1. The Bertz CT molecular complexity index is 406. The summed E-state index contributed by atoms with van der Waals surface area (Å²) in [7, 11) is 0. The van der Waals surface area contributed by atoms with Gasteiger partial charge in [0.1, 0.15) is 5.75 Å². The Morgan fingerprint density at radius 2 is 1.90 bits per heavy atom. The van der Waals surface area contributed by atoms with E-state index >= 15 is 0 Å². The molecule has 0 aliphatic carbocycles. The number of urea groups is 1. The number of para-hydroxylation sites is 1. The molecule has 1 rings (SSSR count). The van der Waals surface area contributed by atoms with Crippen molar-refractivity contribution in [1.82, 2.24) is 10.2 Å². The van der Waals surface area contributed by atoms with Crippen molar-refractivity contribution in [1.29, 1.82) is 0 Å².